The molecule has 0 unspecified atom stereocenters. The molecule has 0 aliphatic heterocycles. The van der Waals surface area contributed by atoms with Crippen LogP contribution in [-0.4, -0.2) is 17.3 Å². The number of rotatable bonds is 2. The zero-order valence-electron chi connectivity index (χ0n) is 7.49. The molecule has 0 aromatic heterocycles. The molecule has 4 nitrogen and oxygen atoms in total. The van der Waals surface area contributed by atoms with Crippen LogP contribution in [0.15, 0.2) is 23.4 Å². The second kappa shape index (κ2) is 4.62. The fraction of sp³-hybridized carbons (Fsp3) is 0.111. The normalized spacial score (nSPS) is 10.4. The maximum Gasteiger partial charge on any atom is 0.270 e. The van der Waals surface area contributed by atoms with E-state index in [1.165, 1.54) is 0 Å². The van der Waals surface area contributed by atoms with Crippen LogP contribution in [0.4, 0.5) is 5.69 Å². The third-order valence-corrected chi connectivity index (χ3v) is 2.02. The summed E-state index contributed by atoms with van der Waals surface area (Å²) in [6, 6.07) is 5.08. The number of aryl methyl sites for hydroxylation is 1. The SMILES string of the molecule is Cc1cc(NC(=O)C=NO)ccc1Cl. The number of benzene rings is 1. The summed E-state index contributed by atoms with van der Waals surface area (Å²) >= 11 is 5.80. The molecule has 2 N–H and O–H groups in total. The number of hydrogen-bond donors (Lipinski definition) is 2. The van der Waals surface area contributed by atoms with Gasteiger partial charge in [0.2, 0.25) is 0 Å². The van der Waals surface area contributed by atoms with Gasteiger partial charge in [-0.25, -0.2) is 0 Å². The van der Waals surface area contributed by atoms with Crippen LogP contribution in [0.1, 0.15) is 5.56 Å². The number of amides is 1. The number of oxime groups is 1. The molecule has 0 aliphatic rings. The Balaban J connectivity index is 2.78. The lowest BCUT2D eigenvalue weighted by Crippen LogP contribution is -2.12. The Morgan fingerprint density at radius 2 is 2.36 bits per heavy atom. The van der Waals surface area contributed by atoms with Crippen molar-refractivity contribution in [3.63, 3.8) is 0 Å². The van der Waals surface area contributed by atoms with E-state index in [0.29, 0.717) is 10.7 Å². The first-order chi connectivity index (χ1) is 6.63. The number of hydrogen-bond acceptors (Lipinski definition) is 3. The van der Waals surface area contributed by atoms with Crippen molar-refractivity contribution < 1.29 is 10.0 Å². The van der Waals surface area contributed by atoms with Gasteiger partial charge in [-0.05, 0) is 30.7 Å². The largest absolute Gasteiger partial charge is 0.411 e. The lowest BCUT2D eigenvalue weighted by Gasteiger charge is -2.03. The number of carbonyl (C=O) groups is 1. The predicted octanol–water partition coefficient (Wildman–Crippen LogP) is 2.05. The number of nitrogens with one attached hydrogen (secondary N) is 1. The van der Waals surface area contributed by atoms with Crippen LogP contribution in [0, 0.1) is 6.92 Å². The molecule has 0 radical (unpaired) electrons. The first kappa shape index (κ1) is 10.5. The lowest BCUT2D eigenvalue weighted by atomic mass is 10.2. The Morgan fingerprint density at radius 3 is 2.93 bits per heavy atom. The van der Waals surface area contributed by atoms with Gasteiger partial charge in [-0.15, -0.1) is 0 Å². The molecule has 1 rings (SSSR count). The van der Waals surface area contributed by atoms with Crippen LogP contribution >= 0.6 is 11.6 Å². The molecule has 74 valence electrons. The second-order valence-corrected chi connectivity index (χ2v) is 3.10. The van der Waals surface area contributed by atoms with Crippen molar-refractivity contribution in [3.05, 3.63) is 28.8 Å². The van der Waals surface area contributed by atoms with E-state index in [1.54, 1.807) is 18.2 Å². The summed E-state index contributed by atoms with van der Waals surface area (Å²) in [5, 5.41) is 13.9. The maximum absolute atomic E-state index is 11.0. The Bertz CT molecular complexity index is 377. The molecule has 14 heavy (non-hydrogen) atoms. The molecule has 0 saturated carbocycles. The molecule has 0 atom stereocenters. The number of carbonyl (C=O) groups excluding carboxylic acids is 1. The minimum absolute atomic E-state index is 0.491. The molecule has 0 aliphatic carbocycles. The molecular weight excluding hydrogens is 204 g/mol. The maximum atomic E-state index is 11.0. The predicted molar refractivity (Wildman–Crippen MR) is 55.1 cm³/mol. The topological polar surface area (TPSA) is 61.7 Å². The van der Waals surface area contributed by atoms with E-state index in [9.17, 15) is 4.79 Å². The van der Waals surface area contributed by atoms with Gasteiger partial charge in [0, 0.05) is 10.7 Å². The van der Waals surface area contributed by atoms with Crippen LogP contribution in [0.25, 0.3) is 0 Å². The quantitative estimate of drug-likeness (QED) is 0.448. The van der Waals surface area contributed by atoms with Crippen molar-refractivity contribution in [2.75, 3.05) is 5.32 Å². The number of halogens is 1. The van der Waals surface area contributed by atoms with Crippen LogP contribution in [0.3, 0.4) is 0 Å². The molecule has 0 saturated heterocycles. The van der Waals surface area contributed by atoms with Gasteiger partial charge in [0.1, 0.15) is 6.21 Å². The summed E-state index contributed by atoms with van der Waals surface area (Å²) in [5.41, 5.74) is 1.47. The Hall–Kier alpha value is -1.55. The van der Waals surface area contributed by atoms with E-state index in [4.69, 9.17) is 16.8 Å². The highest BCUT2D eigenvalue weighted by Crippen LogP contribution is 2.18. The fourth-order valence-electron chi connectivity index (χ4n) is 0.949. The van der Waals surface area contributed by atoms with Crippen LogP contribution in [0.5, 0.6) is 0 Å². The van der Waals surface area contributed by atoms with Crippen molar-refractivity contribution in [2.24, 2.45) is 5.16 Å². The van der Waals surface area contributed by atoms with Crippen molar-refractivity contribution >= 4 is 29.4 Å². The average molecular weight is 213 g/mol. The molecule has 1 aromatic rings. The smallest absolute Gasteiger partial charge is 0.270 e. The Kier molecular flexibility index (Phi) is 3.48. The average Bonchev–Trinajstić information content (AvgIpc) is 2.12. The van der Waals surface area contributed by atoms with Crippen LogP contribution < -0.4 is 5.32 Å². The Morgan fingerprint density at radius 1 is 1.64 bits per heavy atom. The van der Waals surface area contributed by atoms with Gasteiger partial charge < -0.3 is 10.5 Å². The summed E-state index contributed by atoms with van der Waals surface area (Å²) in [6.45, 7) is 1.83. The summed E-state index contributed by atoms with van der Waals surface area (Å²) in [4.78, 5) is 11.0. The first-order valence-electron chi connectivity index (χ1n) is 3.88. The van der Waals surface area contributed by atoms with Gasteiger partial charge >= 0.3 is 0 Å². The van der Waals surface area contributed by atoms with E-state index in [-0.39, 0.29) is 0 Å². The summed E-state index contributed by atoms with van der Waals surface area (Å²) in [6.07, 6.45) is 0.782. The fourth-order valence-corrected chi connectivity index (χ4v) is 1.07. The minimum atomic E-state index is -0.491. The van der Waals surface area contributed by atoms with E-state index >= 15 is 0 Å². The molecule has 5 heteroatoms. The summed E-state index contributed by atoms with van der Waals surface area (Å²) in [5.74, 6) is -0.491. The van der Waals surface area contributed by atoms with Gasteiger partial charge in [-0.1, -0.05) is 16.8 Å². The molecule has 0 fully saturated rings. The van der Waals surface area contributed by atoms with Gasteiger partial charge in [-0.2, -0.15) is 0 Å². The monoisotopic (exact) mass is 212 g/mol. The van der Waals surface area contributed by atoms with E-state index < -0.39 is 5.91 Å². The van der Waals surface area contributed by atoms with E-state index in [2.05, 4.69) is 10.5 Å². The zero-order chi connectivity index (χ0) is 10.6. The molecular formula is C9H9ClN2O2. The number of anilines is 1. The summed E-state index contributed by atoms with van der Waals surface area (Å²) in [7, 11) is 0. The van der Waals surface area contributed by atoms with E-state index in [1.807, 2.05) is 6.92 Å². The molecule has 1 aromatic carbocycles. The first-order valence-corrected chi connectivity index (χ1v) is 4.26. The minimum Gasteiger partial charge on any atom is -0.411 e. The number of nitrogens with zero attached hydrogens (tertiary/aromatic N) is 1. The Labute approximate surface area is 86.2 Å². The van der Waals surface area contributed by atoms with Crippen LogP contribution in [-0.2, 0) is 4.79 Å². The van der Waals surface area contributed by atoms with Crippen LogP contribution in [0.2, 0.25) is 5.02 Å². The summed E-state index contributed by atoms with van der Waals surface area (Å²) < 4.78 is 0. The van der Waals surface area contributed by atoms with Gasteiger partial charge in [0.05, 0.1) is 0 Å². The molecule has 0 spiro atoms. The highest BCUT2D eigenvalue weighted by molar-refractivity contribution is 6.32. The second-order valence-electron chi connectivity index (χ2n) is 2.70. The van der Waals surface area contributed by atoms with Crippen molar-refractivity contribution in [2.45, 2.75) is 6.92 Å². The van der Waals surface area contributed by atoms with Crippen molar-refractivity contribution in [3.8, 4) is 0 Å². The van der Waals surface area contributed by atoms with Gasteiger partial charge in [-0.3, -0.25) is 4.79 Å². The zero-order valence-corrected chi connectivity index (χ0v) is 8.25. The third kappa shape index (κ3) is 2.74. The van der Waals surface area contributed by atoms with Gasteiger partial charge in [0.15, 0.2) is 0 Å². The highest BCUT2D eigenvalue weighted by Gasteiger charge is 2.00. The molecule has 0 heterocycles. The van der Waals surface area contributed by atoms with E-state index in [0.717, 1.165) is 11.8 Å². The molecule has 0 bridgehead atoms. The van der Waals surface area contributed by atoms with Gasteiger partial charge in [0.25, 0.3) is 5.91 Å². The standard InChI is InChI=1S/C9H9ClN2O2/c1-6-4-7(2-3-8(6)10)12-9(13)5-11-14/h2-5,14H,1H3,(H,12,13). The van der Waals surface area contributed by atoms with Crippen molar-refractivity contribution in [1.82, 2.24) is 0 Å². The lowest BCUT2D eigenvalue weighted by molar-refractivity contribution is -0.110. The molecule has 1 amide bonds. The highest BCUT2D eigenvalue weighted by atomic mass is 35.5. The third-order valence-electron chi connectivity index (χ3n) is 1.60. The van der Waals surface area contributed by atoms with Crippen molar-refractivity contribution in [1.29, 1.82) is 0 Å².